The molecule has 1 aliphatic rings. The van der Waals surface area contributed by atoms with E-state index in [-0.39, 0.29) is 5.75 Å². The van der Waals surface area contributed by atoms with E-state index in [1.54, 1.807) is 0 Å². The molecule has 1 aliphatic heterocycles. The van der Waals surface area contributed by atoms with Crippen LogP contribution in [-0.4, -0.2) is 36.2 Å². The Morgan fingerprint density at radius 2 is 1.68 bits per heavy atom. The Morgan fingerprint density at radius 3 is 2.41 bits per heavy atom. The van der Waals surface area contributed by atoms with Gasteiger partial charge in [-0.1, -0.05) is 0 Å². The molecule has 0 atom stereocenters. The third kappa shape index (κ3) is 2.09. The minimum atomic E-state index is 0.180. The molecule has 0 radical (unpaired) electrons. The Labute approximate surface area is 128 Å². The number of benzene rings is 1. The summed E-state index contributed by atoms with van der Waals surface area (Å²) in [4.78, 5) is 2.40. The smallest absolute Gasteiger partial charge is 0.177 e. The number of rotatable bonds is 2. The first-order valence-electron chi connectivity index (χ1n) is 7.70. The molecule has 1 saturated heterocycles. The van der Waals surface area contributed by atoms with Crippen LogP contribution in [0.4, 0.5) is 0 Å². The second-order valence-corrected chi connectivity index (χ2v) is 6.05. The zero-order valence-corrected chi connectivity index (χ0v) is 12.9. The Kier molecular flexibility index (Phi) is 3.13. The number of furan rings is 2. The minimum Gasteiger partial charge on any atom is -0.504 e. The predicted octanol–water partition coefficient (Wildman–Crippen LogP) is 2.91. The maximum atomic E-state index is 10.5. The molecule has 0 amide bonds. The molecule has 1 aromatic carbocycles. The van der Waals surface area contributed by atoms with Crippen molar-refractivity contribution in [2.45, 2.75) is 20.4 Å². The van der Waals surface area contributed by atoms with Gasteiger partial charge in [0.25, 0.3) is 0 Å². The van der Waals surface area contributed by atoms with Gasteiger partial charge in [0.05, 0.1) is 5.39 Å². The van der Waals surface area contributed by atoms with Crippen molar-refractivity contribution >= 4 is 21.9 Å². The Balaban J connectivity index is 1.93. The molecule has 4 rings (SSSR count). The average Bonchev–Trinajstić information content (AvgIpc) is 3.08. The van der Waals surface area contributed by atoms with Crippen molar-refractivity contribution in [3.8, 4) is 5.75 Å². The standard InChI is InChI=1S/C17H20N2O3/c1-10-7-12-14(9-19-5-3-18-4-6-19)16-13(8-11(2)21-16)15(20)17(12)22-10/h7-8,18,20H,3-6,9H2,1-2H3. The fraction of sp³-hybridized carbons (Fsp3) is 0.412. The Morgan fingerprint density at radius 1 is 1.05 bits per heavy atom. The van der Waals surface area contributed by atoms with Gasteiger partial charge in [-0.25, -0.2) is 0 Å². The van der Waals surface area contributed by atoms with E-state index in [1.165, 1.54) is 0 Å². The van der Waals surface area contributed by atoms with Gasteiger partial charge < -0.3 is 19.3 Å². The second kappa shape index (κ2) is 5.04. The molecule has 22 heavy (non-hydrogen) atoms. The molecule has 3 aromatic rings. The summed E-state index contributed by atoms with van der Waals surface area (Å²) in [5.74, 6) is 1.78. The SMILES string of the molecule is Cc1cc2c(CN3CCNCC3)c3oc(C)cc3c(O)c2o1. The van der Waals surface area contributed by atoms with Gasteiger partial charge >= 0.3 is 0 Å². The normalized spacial score (nSPS) is 16.8. The van der Waals surface area contributed by atoms with E-state index in [1.807, 2.05) is 26.0 Å². The van der Waals surface area contributed by atoms with Gasteiger partial charge in [-0.3, -0.25) is 4.90 Å². The van der Waals surface area contributed by atoms with Gasteiger partial charge in [0, 0.05) is 43.7 Å². The lowest BCUT2D eigenvalue weighted by Gasteiger charge is -2.27. The number of hydrogen-bond donors (Lipinski definition) is 2. The van der Waals surface area contributed by atoms with E-state index in [2.05, 4.69) is 10.2 Å². The topological polar surface area (TPSA) is 61.8 Å². The van der Waals surface area contributed by atoms with Crippen LogP contribution in [-0.2, 0) is 6.54 Å². The highest BCUT2D eigenvalue weighted by atomic mass is 16.4. The number of aromatic hydroxyl groups is 1. The van der Waals surface area contributed by atoms with Crippen LogP contribution in [0, 0.1) is 13.8 Å². The van der Waals surface area contributed by atoms with E-state index >= 15 is 0 Å². The lowest BCUT2D eigenvalue weighted by atomic mass is 10.0. The Bertz CT molecular complexity index is 783. The maximum Gasteiger partial charge on any atom is 0.177 e. The van der Waals surface area contributed by atoms with Crippen molar-refractivity contribution in [2.75, 3.05) is 26.2 Å². The first kappa shape index (κ1) is 13.7. The molecule has 2 N–H and O–H groups in total. The van der Waals surface area contributed by atoms with Gasteiger partial charge in [-0.05, 0) is 26.0 Å². The molecule has 5 heteroatoms. The second-order valence-electron chi connectivity index (χ2n) is 6.05. The summed E-state index contributed by atoms with van der Waals surface area (Å²) in [6.07, 6.45) is 0. The number of phenols is 1. The zero-order chi connectivity index (χ0) is 15.3. The molecule has 5 nitrogen and oxygen atoms in total. The van der Waals surface area contributed by atoms with E-state index in [0.717, 1.165) is 66.2 Å². The average molecular weight is 300 g/mol. The van der Waals surface area contributed by atoms with Gasteiger partial charge in [0.15, 0.2) is 11.3 Å². The highest BCUT2D eigenvalue weighted by Gasteiger charge is 2.22. The van der Waals surface area contributed by atoms with E-state index < -0.39 is 0 Å². The van der Waals surface area contributed by atoms with E-state index in [0.29, 0.717) is 5.58 Å². The van der Waals surface area contributed by atoms with Crippen LogP contribution in [0.15, 0.2) is 21.0 Å². The minimum absolute atomic E-state index is 0.180. The highest BCUT2D eigenvalue weighted by Crippen LogP contribution is 2.41. The first-order valence-corrected chi connectivity index (χ1v) is 7.70. The number of nitrogens with zero attached hydrogens (tertiary/aromatic N) is 1. The van der Waals surface area contributed by atoms with Gasteiger partial charge in [0.1, 0.15) is 17.1 Å². The molecule has 0 unspecified atom stereocenters. The molecule has 0 aliphatic carbocycles. The van der Waals surface area contributed by atoms with Crippen molar-refractivity contribution < 1.29 is 13.9 Å². The Hall–Kier alpha value is -1.98. The summed E-state index contributed by atoms with van der Waals surface area (Å²) in [7, 11) is 0. The van der Waals surface area contributed by atoms with Crippen molar-refractivity contribution in [3.05, 3.63) is 29.2 Å². The molecular formula is C17H20N2O3. The van der Waals surface area contributed by atoms with Crippen LogP contribution in [0.25, 0.3) is 21.9 Å². The molecule has 0 bridgehead atoms. The van der Waals surface area contributed by atoms with Crippen LogP contribution in [0.3, 0.4) is 0 Å². The maximum absolute atomic E-state index is 10.5. The van der Waals surface area contributed by atoms with E-state index in [9.17, 15) is 5.11 Å². The predicted molar refractivity (Wildman–Crippen MR) is 85.3 cm³/mol. The van der Waals surface area contributed by atoms with Crippen molar-refractivity contribution in [1.29, 1.82) is 0 Å². The lowest BCUT2D eigenvalue weighted by molar-refractivity contribution is 0.234. The molecule has 3 heterocycles. The monoisotopic (exact) mass is 300 g/mol. The van der Waals surface area contributed by atoms with Crippen LogP contribution in [0.5, 0.6) is 5.75 Å². The summed E-state index contributed by atoms with van der Waals surface area (Å²) in [5, 5.41) is 15.6. The number of phenolic OH excluding ortho intramolecular Hbond substituents is 1. The summed E-state index contributed by atoms with van der Waals surface area (Å²) in [6, 6.07) is 3.87. The third-order valence-electron chi connectivity index (χ3n) is 4.37. The highest BCUT2D eigenvalue weighted by molar-refractivity contribution is 6.04. The van der Waals surface area contributed by atoms with Gasteiger partial charge in [-0.15, -0.1) is 0 Å². The van der Waals surface area contributed by atoms with Crippen molar-refractivity contribution in [2.24, 2.45) is 0 Å². The summed E-state index contributed by atoms with van der Waals surface area (Å²) >= 11 is 0. The number of hydrogen-bond acceptors (Lipinski definition) is 5. The van der Waals surface area contributed by atoms with Gasteiger partial charge in [-0.2, -0.15) is 0 Å². The van der Waals surface area contributed by atoms with Gasteiger partial charge in [0.2, 0.25) is 0 Å². The zero-order valence-electron chi connectivity index (χ0n) is 12.9. The van der Waals surface area contributed by atoms with Crippen LogP contribution >= 0.6 is 0 Å². The summed E-state index contributed by atoms with van der Waals surface area (Å²) in [5.41, 5.74) is 2.45. The molecular weight excluding hydrogens is 280 g/mol. The molecule has 0 spiro atoms. The number of nitrogens with one attached hydrogen (secondary N) is 1. The third-order valence-corrected chi connectivity index (χ3v) is 4.37. The fourth-order valence-electron chi connectivity index (χ4n) is 3.32. The first-order chi connectivity index (χ1) is 10.6. The quantitative estimate of drug-likeness (QED) is 0.762. The molecule has 116 valence electrons. The van der Waals surface area contributed by atoms with E-state index in [4.69, 9.17) is 8.83 Å². The van der Waals surface area contributed by atoms with Crippen molar-refractivity contribution in [3.63, 3.8) is 0 Å². The summed E-state index contributed by atoms with van der Waals surface area (Å²) < 4.78 is 11.6. The number of fused-ring (bicyclic) bond motifs is 2. The summed E-state index contributed by atoms with van der Waals surface area (Å²) in [6.45, 7) is 8.65. The molecule has 1 fully saturated rings. The molecule has 0 saturated carbocycles. The lowest BCUT2D eigenvalue weighted by Crippen LogP contribution is -2.42. The van der Waals surface area contributed by atoms with Crippen LogP contribution < -0.4 is 5.32 Å². The van der Waals surface area contributed by atoms with Crippen LogP contribution in [0.1, 0.15) is 17.1 Å². The van der Waals surface area contributed by atoms with Crippen molar-refractivity contribution in [1.82, 2.24) is 10.2 Å². The number of piperazine rings is 1. The molecule has 2 aromatic heterocycles. The fourth-order valence-corrected chi connectivity index (χ4v) is 3.32. The number of aryl methyl sites for hydroxylation is 2. The van der Waals surface area contributed by atoms with Crippen LogP contribution in [0.2, 0.25) is 0 Å². The largest absolute Gasteiger partial charge is 0.504 e.